The highest BCUT2D eigenvalue weighted by Gasteiger charge is 2.42. The number of sulfonamides is 2. The minimum atomic E-state index is -3.47. The van der Waals surface area contributed by atoms with Crippen LogP contribution in [0.5, 0.6) is 0 Å². The lowest BCUT2D eigenvalue weighted by atomic mass is 10.4. The molecule has 3 rings (SSSR count). The summed E-state index contributed by atoms with van der Waals surface area (Å²) in [7, 11) is -9.29. The SMILES string of the molecule is CC.CC.CS1(CCCNS(=O)(=O)c2ccccc2)CS(C)(CCCNS(=O)(=O)c2ccccc2)O1.[HH].[HH]. The largest absolute Gasteiger partial charge is 0.289 e. The first-order valence-corrected chi connectivity index (χ1v) is 19.9. The second-order valence-electron chi connectivity index (χ2n) is 8.09. The summed E-state index contributed by atoms with van der Waals surface area (Å²) in [5, 5.41) is 1.02. The van der Waals surface area contributed by atoms with Gasteiger partial charge in [0.25, 0.3) is 0 Å². The van der Waals surface area contributed by atoms with Gasteiger partial charge >= 0.3 is 0 Å². The molecule has 2 unspecified atom stereocenters. The molecule has 2 aromatic rings. The molecule has 1 fully saturated rings. The average Bonchev–Trinajstić information content (AvgIpc) is 2.87. The molecular weight excluding hydrogens is 537 g/mol. The van der Waals surface area contributed by atoms with Gasteiger partial charge in [-0.05, 0) is 49.6 Å². The standard InChI is InChI=1S/C21H32N2O5S4.2C2H6.2H2/c1-29(17-9-15-22-31(24,25)20-11-5-3-6-12-20)19-30(2,28-29)18-10-16-23-32(26,27)21-13-7-4-8-14-21;2*1-2;;/h3-8,11-14,22-23H,9-10,15-19H2,1-2H3;2*1-2H3;2*1H. The topological polar surface area (TPSA) is 102 Å². The van der Waals surface area contributed by atoms with Crippen molar-refractivity contribution in [3.8, 4) is 0 Å². The number of nitrogens with one attached hydrogen (secondary N) is 2. The highest BCUT2D eigenvalue weighted by atomic mass is 32.4. The van der Waals surface area contributed by atoms with E-state index in [2.05, 4.69) is 22.0 Å². The fourth-order valence-corrected chi connectivity index (χ4v) is 16.2. The molecule has 1 saturated heterocycles. The summed E-state index contributed by atoms with van der Waals surface area (Å²) in [6, 6.07) is 16.7. The summed E-state index contributed by atoms with van der Waals surface area (Å²) in [5.74, 6) is 1.71. The van der Waals surface area contributed by atoms with Crippen LogP contribution in [0.3, 0.4) is 0 Å². The van der Waals surface area contributed by atoms with Gasteiger partial charge in [-0.3, -0.25) is 3.63 Å². The molecule has 1 aliphatic rings. The van der Waals surface area contributed by atoms with Gasteiger partial charge in [0, 0.05) is 27.4 Å². The Morgan fingerprint density at radius 1 is 0.694 bits per heavy atom. The molecule has 1 aliphatic heterocycles. The van der Waals surface area contributed by atoms with E-state index in [1.54, 1.807) is 60.7 Å². The lowest BCUT2D eigenvalue weighted by Gasteiger charge is -2.60. The van der Waals surface area contributed by atoms with Gasteiger partial charge in [-0.15, -0.1) is 20.6 Å². The van der Waals surface area contributed by atoms with E-state index in [1.165, 1.54) is 0 Å². The van der Waals surface area contributed by atoms with Gasteiger partial charge in [0.05, 0.1) is 14.9 Å². The first-order chi connectivity index (χ1) is 17.0. The molecule has 11 heteroatoms. The van der Waals surface area contributed by atoms with Gasteiger partial charge in [-0.1, -0.05) is 64.1 Å². The molecule has 2 aromatic carbocycles. The van der Waals surface area contributed by atoms with Crippen LogP contribution >= 0.6 is 20.6 Å². The lowest BCUT2D eigenvalue weighted by molar-refractivity contribution is 0.579. The lowest BCUT2D eigenvalue weighted by Crippen LogP contribution is -2.33. The molecule has 36 heavy (non-hydrogen) atoms. The first-order valence-electron chi connectivity index (χ1n) is 12.3. The van der Waals surface area contributed by atoms with Gasteiger partial charge < -0.3 is 0 Å². The van der Waals surface area contributed by atoms with Gasteiger partial charge in [0.15, 0.2) is 0 Å². The van der Waals surface area contributed by atoms with E-state index < -0.39 is 40.7 Å². The Morgan fingerprint density at radius 3 is 1.31 bits per heavy atom. The van der Waals surface area contributed by atoms with Gasteiger partial charge in [-0.25, -0.2) is 26.3 Å². The van der Waals surface area contributed by atoms with Crippen molar-refractivity contribution in [1.82, 2.24) is 9.44 Å². The number of benzene rings is 2. The summed E-state index contributed by atoms with van der Waals surface area (Å²) in [4.78, 5) is 0.553. The van der Waals surface area contributed by atoms with Crippen molar-refractivity contribution >= 4 is 40.7 Å². The molecule has 0 aromatic heterocycles. The summed E-state index contributed by atoms with van der Waals surface area (Å²) in [5.41, 5.74) is 0. The Bertz CT molecular complexity index is 1010. The summed E-state index contributed by atoms with van der Waals surface area (Å²) >= 11 is 0. The first kappa shape index (κ1) is 32.9. The van der Waals surface area contributed by atoms with Crippen LogP contribution in [0.1, 0.15) is 43.4 Å². The Balaban J connectivity index is 0. The summed E-state index contributed by atoms with van der Waals surface area (Å²) in [6.07, 6.45) is 5.74. The van der Waals surface area contributed by atoms with Crippen molar-refractivity contribution in [2.75, 3.05) is 42.2 Å². The van der Waals surface area contributed by atoms with Gasteiger partial charge in [-0.2, -0.15) is 0 Å². The van der Waals surface area contributed by atoms with E-state index in [9.17, 15) is 16.8 Å². The molecule has 0 radical (unpaired) electrons. The molecule has 2 atom stereocenters. The maximum atomic E-state index is 12.3. The number of hydrogen-bond acceptors (Lipinski definition) is 5. The highest BCUT2D eigenvalue weighted by Crippen LogP contribution is 2.77. The zero-order chi connectivity index (χ0) is 27.3. The van der Waals surface area contributed by atoms with Crippen LogP contribution < -0.4 is 9.44 Å². The minimum absolute atomic E-state index is 0. The smallest absolute Gasteiger partial charge is 0.240 e. The van der Waals surface area contributed by atoms with Crippen LogP contribution in [-0.2, 0) is 23.7 Å². The quantitative estimate of drug-likeness (QED) is 0.300. The van der Waals surface area contributed by atoms with Gasteiger partial charge in [0.2, 0.25) is 20.0 Å². The Labute approximate surface area is 225 Å². The van der Waals surface area contributed by atoms with Crippen molar-refractivity contribution in [1.29, 1.82) is 0 Å². The molecule has 0 saturated carbocycles. The monoisotopic (exact) mass is 584 g/mol. The molecular formula is C25H48N2O5S4. The third kappa shape index (κ3) is 10.4. The number of hydrogen-bond donors (Lipinski definition) is 2. The molecule has 0 amide bonds. The maximum absolute atomic E-state index is 12.3. The predicted octanol–water partition coefficient (Wildman–Crippen LogP) is 5.95. The third-order valence-electron chi connectivity index (χ3n) is 5.02. The minimum Gasteiger partial charge on any atom is -0.289 e. The van der Waals surface area contributed by atoms with Crippen molar-refractivity contribution < 1.29 is 23.3 Å². The van der Waals surface area contributed by atoms with Crippen molar-refractivity contribution in [3.63, 3.8) is 0 Å². The molecule has 2 N–H and O–H groups in total. The fourth-order valence-electron chi connectivity index (χ4n) is 3.64. The predicted molar refractivity (Wildman–Crippen MR) is 162 cm³/mol. The van der Waals surface area contributed by atoms with E-state index in [1.807, 2.05) is 27.7 Å². The van der Waals surface area contributed by atoms with Gasteiger partial charge in [0.1, 0.15) is 0 Å². The van der Waals surface area contributed by atoms with E-state index >= 15 is 0 Å². The molecule has 7 nitrogen and oxygen atoms in total. The van der Waals surface area contributed by atoms with Crippen LogP contribution in [0.15, 0.2) is 70.5 Å². The molecule has 0 spiro atoms. The Morgan fingerprint density at radius 2 is 1.00 bits per heavy atom. The normalized spacial score (nSPS) is 24.8. The highest BCUT2D eigenvalue weighted by molar-refractivity contribution is 8.56. The maximum Gasteiger partial charge on any atom is 0.240 e. The summed E-state index contributed by atoms with van der Waals surface area (Å²) in [6.45, 7) is 8.77. The van der Waals surface area contributed by atoms with Crippen LogP contribution in [0.25, 0.3) is 0 Å². The van der Waals surface area contributed by atoms with Crippen LogP contribution in [-0.4, -0.2) is 59.0 Å². The van der Waals surface area contributed by atoms with Crippen LogP contribution in [0.2, 0.25) is 0 Å². The molecule has 0 bridgehead atoms. The number of rotatable bonds is 12. The van der Waals surface area contributed by atoms with Crippen molar-refractivity contribution in [2.45, 2.75) is 50.3 Å². The van der Waals surface area contributed by atoms with E-state index in [-0.39, 0.29) is 12.6 Å². The van der Waals surface area contributed by atoms with Crippen LogP contribution in [0, 0.1) is 0 Å². The Hall–Kier alpha value is -1.08. The van der Waals surface area contributed by atoms with Crippen LogP contribution in [0.4, 0.5) is 0 Å². The fraction of sp³-hybridized carbons (Fsp3) is 0.520. The second-order valence-corrected chi connectivity index (χ2v) is 18.7. The van der Waals surface area contributed by atoms with E-state index in [4.69, 9.17) is 3.63 Å². The zero-order valence-corrected chi connectivity index (χ0v) is 25.7. The summed E-state index contributed by atoms with van der Waals surface area (Å²) < 4.78 is 60.8. The third-order valence-corrected chi connectivity index (χ3v) is 16.9. The van der Waals surface area contributed by atoms with Crippen molar-refractivity contribution in [2.24, 2.45) is 0 Å². The van der Waals surface area contributed by atoms with Crippen molar-refractivity contribution in [3.05, 3.63) is 60.7 Å². The van der Waals surface area contributed by atoms with E-state index in [0.717, 1.165) is 29.4 Å². The second kappa shape index (κ2) is 15.4. The molecule has 0 aliphatic carbocycles. The van der Waals surface area contributed by atoms with E-state index in [0.29, 0.717) is 13.1 Å². The average molecular weight is 585 g/mol. The molecule has 212 valence electrons. The zero-order valence-electron chi connectivity index (χ0n) is 22.4. The Kier molecular flexibility index (Phi) is 14.1. The molecule has 1 heterocycles.